The van der Waals surface area contributed by atoms with E-state index in [1.54, 1.807) is 13.2 Å². The maximum absolute atomic E-state index is 11.8. The smallest absolute Gasteiger partial charge is 0.228 e. The molecular weight excluding hydrogens is 296 g/mol. The van der Waals surface area contributed by atoms with Gasteiger partial charge in [0.25, 0.3) is 0 Å². The number of dihydropyridines is 1. The molecule has 1 aliphatic carbocycles. The molecule has 2 aliphatic rings. The van der Waals surface area contributed by atoms with Crippen LogP contribution < -0.4 is 5.32 Å². The molecule has 0 unspecified atom stereocenters. The zero-order valence-corrected chi connectivity index (χ0v) is 11.6. The minimum Gasteiger partial charge on any atom is -0.310 e. The van der Waals surface area contributed by atoms with Crippen molar-refractivity contribution in [3.8, 4) is 0 Å². The summed E-state index contributed by atoms with van der Waals surface area (Å²) in [6.07, 6.45) is 5.27. The maximum Gasteiger partial charge on any atom is 0.228 e. The van der Waals surface area contributed by atoms with E-state index in [-0.39, 0.29) is 11.8 Å². The highest BCUT2D eigenvalue weighted by atomic mass is 79.9. The number of hydrogen-bond acceptors (Lipinski definition) is 3. The molecule has 1 N–H and O–H groups in total. The summed E-state index contributed by atoms with van der Waals surface area (Å²) < 4.78 is 0.754. The number of rotatable bonds is 2. The lowest BCUT2D eigenvalue weighted by molar-refractivity contribution is -0.120. The van der Waals surface area contributed by atoms with Crippen molar-refractivity contribution in [3.05, 3.63) is 22.3 Å². The first-order chi connectivity index (χ1) is 8.65. The third-order valence-corrected chi connectivity index (χ3v) is 3.20. The molecule has 0 atom stereocenters. The third kappa shape index (κ3) is 2.81. The molecule has 0 aromatic heterocycles. The highest BCUT2D eigenvalue weighted by Gasteiger charge is 2.31. The van der Waals surface area contributed by atoms with Gasteiger partial charge in [-0.2, -0.15) is 0 Å². The molecule has 1 heterocycles. The van der Waals surface area contributed by atoms with Crippen LogP contribution in [0.5, 0.6) is 0 Å². The number of hydrogen-bond donors (Lipinski definition) is 1. The van der Waals surface area contributed by atoms with Crippen LogP contribution in [0.25, 0.3) is 0 Å². The van der Waals surface area contributed by atoms with Crippen molar-refractivity contribution in [1.29, 1.82) is 0 Å². The molecule has 6 heteroatoms. The first-order valence-corrected chi connectivity index (χ1v) is 6.35. The molecule has 0 aromatic carbocycles. The molecule has 0 aromatic rings. The SMILES string of the molecule is C=N/C=C1/C=C(Br)C(=NC)N=C1NC(=O)C1CC1. The molecule has 1 aliphatic heterocycles. The van der Waals surface area contributed by atoms with E-state index in [2.05, 4.69) is 42.9 Å². The van der Waals surface area contributed by atoms with E-state index in [0.29, 0.717) is 17.2 Å². The molecule has 1 saturated carbocycles. The van der Waals surface area contributed by atoms with Crippen molar-refractivity contribution in [2.24, 2.45) is 20.9 Å². The minimum atomic E-state index is 0.00517. The molecular formula is C12H13BrN4O. The highest BCUT2D eigenvalue weighted by Crippen LogP contribution is 2.29. The number of amidine groups is 2. The Morgan fingerprint density at radius 1 is 1.67 bits per heavy atom. The van der Waals surface area contributed by atoms with Crippen molar-refractivity contribution in [2.45, 2.75) is 12.8 Å². The van der Waals surface area contributed by atoms with E-state index in [1.165, 1.54) is 0 Å². The van der Waals surface area contributed by atoms with E-state index in [9.17, 15) is 4.79 Å². The Hall–Kier alpha value is -1.56. The summed E-state index contributed by atoms with van der Waals surface area (Å²) in [5, 5.41) is 2.81. The number of halogens is 1. The standard InChI is InChI=1S/C12H13BrN4O/c1-14-6-8-5-9(13)11(15-2)16-10(8)17-12(18)7-3-4-7/h5-7H,1,3-4H2,2H3,(H,15,16,17,18)/b8-6-. The van der Waals surface area contributed by atoms with Crippen LogP contribution in [-0.2, 0) is 4.79 Å². The summed E-state index contributed by atoms with van der Waals surface area (Å²) in [7, 11) is 1.65. The van der Waals surface area contributed by atoms with E-state index in [1.807, 2.05) is 6.08 Å². The number of nitrogens with zero attached hydrogens (tertiary/aromatic N) is 3. The predicted molar refractivity (Wildman–Crippen MR) is 76.3 cm³/mol. The summed E-state index contributed by atoms with van der Waals surface area (Å²) in [4.78, 5) is 23.8. The van der Waals surface area contributed by atoms with Gasteiger partial charge in [0.1, 0.15) is 5.84 Å². The molecule has 1 fully saturated rings. The van der Waals surface area contributed by atoms with Crippen LogP contribution in [0.2, 0.25) is 0 Å². The minimum absolute atomic E-state index is 0.00517. The number of carbonyl (C=O) groups excluding carboxylic acids is 1. The quantitative estimate of drug-likeness (QED) is 0.777. The summed E-state index contributed by atoms with van der Waals surface area (Å²) in [5.41, 5.74) is 0.707. The lowest BCUT2D eigenvalue weighted by atomic mass is 10.2. The van der Waals surface area contributed by atoms with Gasteiger partial charge in [-0.1, -0.05) is 0 Å². The normalized spacial score (nSPS) is 23.7. The van der Waals surface area contributed by atoms with Crippen LogP contribution in [0.1, 0.15) is 12.8 Å². The number of nitrogens with one attached hydrogen (secondary N) is 1. The second-order valence-electron chi connectivity index (χ2n) is 4.03. The van der Waals surface area contributed by atoms with Gasteiger partial charge in [0.05, 0.1) is 4.48 Å². The maximum atomic E-state index is 11.8. The zero-order valence-electron chi connectivity index (χ0n) is 9.98. The molecule has 2 rings (SSSR count). The van der Waals surface area contributed by atoms with Gasteiger partial charge >= 0.3 is 0 Å². The van der Waals surface area contributed by atoms with Crippen LogP contribution in [-0.4, -0.2) is 31.3 Å². The molecule has 94 valence electrons. The summed E-state index contributed by atoms with van der Waals surface area (Å²) in [5.74, 6) is 1.15. The summed E-state index contributed by atoms with van der Waals surface area (Å²) >= 11 is 3.37. The average molecular weight is 309 g/mol. The highest BCUT2D eigenvalue weighted by molar-refractivity contribution is 9.12. The number of carbonyl (C=O) groups is 1. The van der Waals surface area contributed by atoms with Crippen LogP contribution in [0.4, 0.5) is 0 Å². The molecule has 18 heavy (non-hydrogen) atoms. The van der Waals surface area contributed by atoms with Crippen molar-refractivity contribution >= 4 is 40.2 Å². The molecule has 0 spiro atoms. The third-order valence-electron chi connectivity index (χ3n) is 2.62. The predicted octanol–water partition coefficient (Wildman–Crippen LogP) is 1.82. The van der Waals surface area contributed by atoms with Gasteiger partial charge < -0.3 is 5.32 Å². The fourth-order valence-corrected chi connectivity index (χ4v) is 2.02. The first kappa shape index (κ1) is 12.9. The van der Waals surface area contributed by atoms with Gasteiger partial charge in [0, 0.05) is 24.7 Å². The van der Waals surface area contributed by atoms with Gasteiger partial charge in [-0.05, 0) is 41.6 Å². The van der Waals surface area contributed by atoms with Crippen molar-refractivity contribution < 1.29 is 4.79 Å². The number of amides is 1. The average Bonchev–Trinajstić information content (AvgIpc) is 3.16. The van der Waals surface area contributed by atoms with Crippen LogP contribution >= 0.6 is 15.9 Å². The van der Waals surface area contributed by atoms with Crippen LogP contribution in [0.3, 0.4) is 0 Å². The Balaban J connectivity index is 2.25. The topological polar surface area (TPSA) is 66.2 Å². The van der Waals surface area contributed by atoms with Gasteiger partial charge in [0.2, 0.25) is 5.91 Å². The van der Waals surface area contributed by atoms with Gasteiger partial charge in [-0.25, -0.2) is 4.99 Å². The lowest BCUT2D eigenvalue weighted by Gasteiger charge is -2.14. The second-order valence-corrected chi connectivity index (χ2v) is 4.88. The Kier molecular flexibility index (Phi) is 3.86. The number of aliphatic imine (C=N–C) groups is 3. The Morgan fingerprint density at radius 3 is 2.94 bits per heavy atom. The monoisotopic (exact) mass is 308 g/mol. The summed E-state index contributed by atoms with van der Waals surface area (Å²) in [6.45, 7) is 3.41. The lowest BCUT2D eigenvalue weighted by Crippen LogP contribution is -2.34. The van der Waals surface area contributed by atoms with E-state index in [0.717, 1.165) is 17.3 Å². The van der Waals surface area contributed by atoms with Crippen LogP contribution in [0.15, 0.2) is 37.3 Å². The van der Waals surface area contributed by atoms with Crippen molar-refractivity contribution in [3.63, 3.8) is 0 Å². The summed E-state index contributed by atoms with van der Waals surface area (Å²) in [6, 6.07) is 0. The molecule has 0 saturated heterocycles. The molecule has 1 amide bonds. The Morgan fingerprint density at radius 2 is 2.39 bits per heavy atom. The molecule has 5 nitrogen and oxygen atoms in total. The van der Waals surface area contributed by atoms with Crippen molar-refractivity contribution in [2.75, 3.05) is 7.05 Å². The molecule has 0 radical (unpaired) electrons. The van der Waals surface area contributed by atoms with E-state index < -0.39 is 0 Å². The largest absolute Gasteiger partial charge is 0.310 e. The first-order valence-electron chi connectivity index (χ1n) is 5.56. The van der Waals surface area contributed by atoms with Gasteiger partial charge in [-0.3, -0.25) is 14.8 Å². The fraction of sp³-hybridized carbons (Fsp3) is 0.333. The Labute approximate surface area is 114 Å². The molecule has 0 bridgehead atoms. The van der Waals surface area contributed by atoms with Crippen LogP contribution in [0, 0.1) is 5.92 Å². The van der Waals surface area contributed by atoms with Gasteiger partial charge in [0.15, 0.2) is 5.84 Å². The van der Waals surface area contributed by atoms with Crippen molar-refractivity contribution in [1.82, 2.24) is 5.32 Å². The second kappa shape index (κ2) is 5.39. The Bertz CT molecular complexity index is 512. The van der Waals surface area contributed by atoms with E-state index >= 15 is 0 Å². The fourth-order valence-electron chi connectivity index (χ4n) is 1.51. The zero-order chi connectivity index (χ0) is 13.1. The van der Waals surface area contributed by atoms with Gasteiger partial charge in [-0.15, -0.1) is 0 Å². The van der Waals surface area contributed by atoms with E-state index in [4.69, 9.17) is 0 Å².